The average Bonchev–Trinajstić information content (AvgIpc) is 2.71. The normalized spacial score (nSPS) is 10.9. The maximum absolute atomic E-state index is 5.80. The van der Waals surface area contributed by atoms with E-state index >= 15 is 0 Å². The van der Waals surface area contributed by atoms with Crippen LogP contribution in [0.5, 0.6) is 0 Å². The highest BCUT2D eigenvalue weighted by molar-refractivity contribution is 7.12. The van der Waals surface area contributed by atoms with E-state index in [1.807, 2.05) is 17.0 Å². The second-order valence-corrected chi connectivity index (χ2v) is 4.59. The van der Waals surface area contributed by atoms with Crippen LogP contribution in [-0.4, -0.2) is 14.8 Å². The van der Waals surface area contributed by atoms with Crippen LogP contribution in [0.4, 0.5) is 0 Å². The van der Waals surface area contributed by atoms with E-state index in [-0.39, 0.29) is 0 Å². The first-order valence-electron chi connectivity index (χ1n) is 4.80. The summed E-state index contributed by atoms with van der Waals surface area (Å²) < 4.78 is 1.87. The van der Waals surface area contributed by atoms with Gasteiger partial charge in [0.15, 0.2) is 0 Å². The molecule has 2 rings (SSSR count). The van der Waals surface area contributed by atoms with Crippen molar-refractivity contribution in [3.63, 3.8) is 0 Å². The van der Waals surface area contributed by atoms with Crippen LogP contribution in [0.1, 0.15) is 23.9 Å². The fraction of sp³-hybridized carbons (Fsp3) is 0.400. The minimum absolute atomic E-state index is 0.528. The van der Waals surface area contributed by atoms with Gasteiger partial charge in [-0.1, -0.05) is 18.5 Å². The van der Waals surface area contributed by atoms with E-state index in [1.165, 1.54) is 16.9 Å². The fourth-order valence-corrected chi connectivity index (χ4v) is 2.66. The maximum atomic E-state index is 5.80. The largest absolute Gasteiger partial charge is 0.211 e. The first-order valence-corrected chi connectivity index (χ1v) is 6.05. The first kappa shape index (κ1) is 10.6. The quantitative estimate of drug-likeness (QED) is 0.809. The van der Waals surface area contributed by atoms with Crippen LogP contribution in [0.3, 0.4) is 0 Å². The Hall–Kier alpha value is -0.870. The highest BCUT2D eigenvalue weighted by Gasteiger charge is 2.13. The van der Waals surface area contributed by atoms with E-state index in [1.54, 1.807) is 0 Å². The number of thiazole rings is 1. The number of nitrogens with zero attached hydrogens (tertiary/aromatic N) is 3. The Bertz CT molecular complexity index is 487. The molecular formula is C10H12ClN3S. The van der Waals surface area contributed by atoms with E-state index in [0.717, 1.165) is 22.9 Å². The smallest absolute Gasteiger partial charge is 0.210 e. The summed E-state index contributed by atoms with van der Waals surface area (Å²) in [4.78, 5) is 4.21. The Balaban J connectivity index is 2.54. The van der Waals surface area contributed by atoms with Gasteiger partial charge in [0.05, 0.1) is 5.69 Å². The van der Waals surface area contributed by atoms with Crippen molar-refractivity contribution in [2.24, 2.45) is 0 Å². The van der Waals surface area contributed by atoms with Gasteiger partial charge < -0.3 is 0 Å². The van der Waals surface area contributed by atoms with Crippen LogP contribution in [0.25, 0.3) is 5.13 Å². The van der Waals surface area contributed by atoms with Crippen LogP contribution in [0.15, 0.2) is 5.38 Å². The van der Waals surface area contributed by atoms with Crippen molar-refractivity contribution in [2.75, 3.05) is 0 Å². The van der Waals surface area contributed by atoms with Gasteiger partial charge in [-0.15, -0.1) is 11.3 Å². The van der Waals surface area contributed by atoms with Gasteiger partial charge in [0.2, 0.25) is 5.13 Å². The third kappa shape index (κ3) is 1.79. The van der Waals surface area contributed by atoms with Gasteiger partial charge in [0, 0.05) is 11.1 Å². The van der Waals surface area contributed by atoms with Gasteiger partial charge in [-0.25, -0.2) is 9.67 Å². The molecule has 0 aromatic carbocycles. The number of aromatic nitrogens is 3. The zero-order valence-electron chi connectivity index (χ0n) is 8.91. The lowest BCUT2D eigenvalue weighted by Gasteiger charge is -1.99. The molecule has 5 heteroatoms. The summed E-state index contributed by atoms with van der Waals surface area (Å²) in [5.41, 5.74) is 3.52. The summed E-state index contributed by atoms with van der Waals surface area (Å²) in [5.74, 6) is 0. The number of halogens is 1. The lowest BCUT2D eigenvalue weighted by atomic mass is 10.1. The maximum Gasteiger partial charge on any atom is 0.211 e. The van der Waals surface area contributed by atoms with Gasteiger partial charge in [-0.2, -0.15) is 5.10 Å². The molecule has 0 aliphatic rings. The standard InChI is InChI=1S/C10H12ClN3S/c1-4-8-6(2)13-14(7(8)3)10-12-9(11)5-15-10/h5H,4H2,1-3H3. The minimum Gasteiger partial charge on any atom is -0.210 e. The predicted octanol–water partition coefficient (Wildman–Crippen LogP) is 3.16. The monoisotopic (exact) mass is 241 g/mol. The second kappa shape index (κ2) is 3.94. The molecule has 0 fully saturated rings. The van der Waals surface area contributed by atoms with Crippen molar-refractivity contribution in [1.82, 2.24) is 14.8 Å². The third-order valence-corrected chi connectivity index (χ3v) is 3.58. The number of aryl methyl sites for hydroxylation is 1. The lowest BCUT2D eigenvalue weighted by molar-refractivity contribution is 0.824. The van der Waals surface area contributed by atoms with Gasteiger partial charge in [0.25, 0.3) is 0 Å². The number of hydrogen-bond donors (Lipinski definition) is 0. The van der Waals surface area contributed by atoms with Crippen LogP contribution >= 0.6 is 22.9 Å². The van der Waals surface area contributed by atoms with Crippen LogP contribution in [0, 0.1) is 13.8 Å². The fourth-order valence-electron chi connectivity index (χ4n) is 1.72. The highest BCUT2D eigenvalue weighted by atomic mass is 35.5. The van der Waals surface area contributed by atoms with Crippen LogP contribution in [0.2, 0.25) is 5.15 Å². The van der Waals surface area contributed by atoms with Gasteiger partial charge in [-0.3, -0.25) is 0 Å². The molecule has 0 saturated carbocycles. The molecule has 2 heterocycles. The van der Waals surface area contributed by atoms with Crippen molar-refractivity contribution in [1.29, 1.82) is 0 Å². The molecule has 3 nitrogen and oxygen atoms in total. The summed E-state index contributed by atoms with van der Waals surface area (Å²) in [6.07, 6.45) is 0.997. The molecule has 0 aliphatic carbocycles. The topological polar surface area (TPSA) is 30.7 Å². The zero-order valence-corrected chi connectivity index (χ0v) is 10.5. The van der Waals surface area contributed by atoms with E-state index in [9.17, 15) is 0 Å². The second-order valence-electron chi connectivity index (χ2n) is 3.37. The van der Waals surface area contributed by atoms with Gasteiger partial charge in [-0.05, 0) is 25.8 Å². The van der Waals surface area contributed by atoms with Crippen LogP contribution < -0.4 is 0 Å². The molecule has 0 saturated heterocycles. The van der Waals surface area contributed by atoms with Crippen molar-refractivity contribution in [3.05, 3.63) is 27.5 Å². The SMILES string of the molecule is CCc1c(C)nn(-c2nc(Cl)cs2)c1C. The summed E-state index contributed by atoms with van der Waals surface area (Å²) in [6, 6.07) is 0. The van der Waals surface area contributed by atoms with E-state index in [4.69, 9.17) is 11.6 Å². The van der Waals surface area contributed by atoms with Crippen LogP contribution in [-0.2, 0) is 6.42 Å². The molecule has 15 heavy (non-hydrogen) atoms. The predicted molar refractivity (Wildman–Crippen MR) is 63.1 cm³/mol. The van der Waals surface area contributed by atoms with Crippen molar-refractivity contribution in [3.8, 4) is 5.13 Å². The minimum atomic E-state index is 0.528. The van der Waals surface area contributed by atoms with Crippen molar-refractivity contribution < 1.29 is 0 Å². The third-order valence-electron chi connectivity index (χ3n) is 2.44. The molecule has 2 aromatic heterocycles. The molecule has 0 aliphatic heterocycles. The van der Waals surface area contributed by atoms with Gasteiger partial charge >= 0.3 is 0 Å². The molecule has 0 radical (unpaired) electrons. The zero-order chi connectivity index (χ0) is 11.0. The Labute approximate surface area is 97.7 Å². The Kier molecular flexibility index (Phi) is 2.80. The van der Waals surface area contributed by atoms with Gasteiger partial charge in [0.1, 0.15) is 5.15 Å². The summed E-state index contributed by atoms with van der Waals surface area (Å²) >= 11 is 7.31. The Morgan fingerprint density at radius 2 is 2.20 bits per heavy atom. The van der Waals surface area contributed by atoms with E-state index < -0.39 is 0 Å². The Morgan fingerprint density at radius 3 is 2.67 bits per heavy atom. The molecule has 80 valence electrons. The molecule has 0 unspecified atom stereocenters. The number of rotatable bonds is 2. The lowest BCUT2D eigenvalue weighted by Crippen LogP contribution is -1.98. The van der Waals surface area contributed by atoms with Crippen molar-refractivity contribution in [2.45, 2.75) is 27.2 Å². The molecular weight excluding hydrogens is 230 g/mol. The molecule has 0 amide bonds. The Morgan fingerprint density at radius 1 is 1.47 bits per heavy atom. The first-order chi connectivity index (χ1) is 7.13. The number of hydrogen-bond acceptors (Lipinski definition) is 3. The van der Waals surface area contributed by atoms with Crippen molar-refractivity contribution >= 4 is 22.9 Å². The molecule has 0 spiro atoms. The molecule has 0 atom stereocenters. The van der Waals surface area contributed by atoms with E-state index in [2.05, 4.69) is 23.9 Å². The molecule has 2 aromatic rings. The molecule has 0 bridgehead atoms. The summed E-state index contributed by atoms with van der Waals surface area (Å²) in [5, 5.41) is 7.65. The summed E-state index contributed by atoms with van der Waals surface area (Å²) in [6.45, 7) is 6.22. The van der Waals surface area contributed by atoms with E-state index in [0.29, 0.717) is 5.15 Å². The average molecular weight is 242 g/mol. The molecule has 0 N–H and O–H groups in total. The highest BCUT2D eigenvalue weighted by Crippen LogP contribution is 2.22. The summed E-state index contributed by atoms with van der Waals surface area (Å²) in [7, 11) is 0.